The summed E-state index contributed by atoms with van der Waals surface area (Å²) in [6.07, 6.45) is 10.5. The zero-order valence-corrected chi connectivity index (χ0v) is 9.77. The molecule has 1 rings (SSSR count). The van der Waals surface area contributed by atoms with Crippen molar-refractivity contribution in [2.75, 3.05) is 6.54 Å². The van der Waals surface area contributed by atoms with Gasteiger partial charge in [-0.2, -0.15) is 0 Å². The minimum Gasteiger partial charge on any atom is -0.312 e. The van der Waals surface area contributed by atoms with Crippen molar-refractivity contribution in [2.45, 2.75) is 52.0 Å². The lowest BCUT2D eigenvalue weighted by Gasteiger charge is -2.29. The van der Waals surface area contributed by atoms with E-state index < -0.39 is 0 Å². The molecule has 0 unspecified atom stereocenters. The summed E-state index contributed by atoms with van der Waals surface area (Å²) in [5.74, 6) is 4.28. The third-order valence-electron chi connectivity index (χ3n) is 3.00. The fraction of sp³-hybridized carbons (Fsp3) is 0.846. The van der Waals surface area contributed by atoms with Gasteiger partial charge in [-0.3, -0.25) is 0 Å². The highest BCUT2D eigenvalue weighted by Gasteiger charge is 2.20. The van der Waals surface area contributed by atoms with E-state index in [4.69, 9.17) is 6.42 Å². The number of nitrogens with one attached hydrogen (secondary N) is 1. The van der Waals surface area contributed by atoms with Gasteiger partial charge in [-0.15, -0.1) is 12.3 Å². The molecule has 0 radical (unpaired) electrons. The molecule has 1 heteroatoms. The van der Waals surface area contributed by atoms with Crippen LogP contribution in [0.15, 0.2) is 0 Å². The Kier molecular flexibility index (Phi) is 4.01. The van der Waals surface area contributed by atoms with Gasteiger partial charge in [0.25, 0.3) is 0 Å². The van der Waals surface area contributed by atoms with Gasteiger partial charge in [0.1, 0.15) is 0 Å². The Bertz CT molecular complexity index is 198. The molecule has 0 aliphatic heterocycles. The lowest BCUT2D eigenvalue weighted by atomic mass is 9.82. The maximum atomic E-state index is 5.43. The molecular weight excluding hydrogens is 170 g/mol. The van der Waals surface area contributed by atoms with Gasteiger partial charge in [0.05, 0.1) is 0 Å². The van der Waals surface area contributed by atoms with E-state index in [1.165, 1.54) is 25.7 Å². The van der Waals surface area contributed by atoms with Gasteiger partial charge in [0.15, 0.2) is 0 Å². The van der Waals surface area contributed by atoms with Crippen LogP contribution in [0.2, 0.25) is 0 Å². The van der Waals surface area contributed by atoms with Crippen molar-refractivity contribution in [3.8, 4) is 12.3 Å². The second-order valence-corrected chi connectivity index (χ2v) is 5.52. The predicted octanol–water partition coefficient (Wildman–Crippen LogP) is 2.81. The molecule has 1 aliphatic carbocycles. The first-order chi connectivity index (χ1) is 6.51. The summed E-state index contributed by atoms with van der Waals surface area (Å²) in [7, 11) is 0. The molecule has 1 nitrogen and oxygen atoms in total. The topological polar surface area (TPSA) is 12.0 Å². The summed E-state index contributed by atoms with van der Waals surface area (Å²) in [5.41, 5.74) is 0.253. The van der Waals surface area contributed by atoms with Crippen molar-refractivity contribution in [3.63, 3.8) is 0 Å². The number of terminal acetylenes is 1. The summed E-state index contributed by atoms with van der Waals surface area (Å²) in [6, 6.07) is 0. The SMILES string of the molecule is C#C[C@H]1CC[C@H](CNC(C)(C)C)CC1. The summed E-state index contributed by atoms with van der Waals surface area (Å²) in [5, 5.41) is 3.57. The molecule has 0 bridgehead atoms. The smallest absolute Gasteiger partial charge is 0.0200 e. The van der Waals surface area contributed by atoms with Crippen LogP contribution < -0.4 is 5.32 Å². The number of hydrogen-bond acceptors (Lipinski definition) is 1. The standard InChI is InChI=1S/C13H23N/c1-5-11-6-8-12(9-7-11)10-14-13(2,3)4/h1,11-12,14H,6-10H2,2-4H3/t11-,12-. The van der Waals surface area contributed by atoms with Crippen molar-refractivity contribution in [1.29, 1.82) is 0 Å². The predicted molar refractivity (Wildman–Crippen MR) is 62.0 cm³/mol. The van der Waals surface area contributed by atoms with Crippen molar-refractivity contribution in [2.24, 2.45) is 11.8 Å². The maximum Gasteiger partial charge on any atom is 0.0200 e. The van der Waals surface area contributed by atoms with Crippen LogP contribution in [0.4, 0.5) is 0 Å². The molecule has 0 heterocycles. The van der Waals surface area contributed by atoms with E-state index in [2.05, 4.69) is 32.0 Å². The van der Waals surface area contributed by atoms with E-state index in [0.717, 1.165) is 12.5 Å². The van der Waals surface area contributed by atoms with Crippen molar-refractivity contribution in [3.05, 3.63) is 0 Å². The molecule has 1 aliphatic rings. The molecule has 1 N–H and O–H groups in total. The molecule has 0 atom stereocenters. The molecule has 0 aromatic carbocycles. The van der Waals surface area contributed by atoms with Gasteiger partial charge in [0, 0.05) is 11.5 Å². The van der Waals surface area contributed by atoms with Gasteiger partial charge in [-0.25, -0.2) is 0 Å². The molecule has 0 saturated heterocycles. The normalized spacial score (nSPS) is 28.4. The molecule has 1 fully saturated rings. The first kappa shape index (κ1) is 11.6. The lowest BCUT2D eigenvalue weighted by molar-refractivity contribution is 0.280. The summed E-state index contributed by atoms with van der Waals surface area (Å²) in [6.45, 7) is 7.82. The van der Waals surface area contributed by atoms with Crippen LogP contribution in [0, 0.1) is 24.2 Å². The quantitative estimate of drug-likeness (QED) is 0.665. The molecular formula is C13H23N. The summed E-state index contributed by atoms with van der Waals surface area (Å²) < 4.78 is 0. The van der Waals surface area contributed by atoms with Gasteiger partial charge in [-0.1, -0.05) is 0 Å². The van der Waals surface area contributed by atoms with Gasteiger partial charge >= 0.3 is 0 Å². The molecule has 14 heavy (non-hydrogen) atoms. The second-order valence-electron chi connectivity index (χ2n) is 5.52. The average Bonchev–Trinajstić information content (AvgIpc) is 2.14. The fourth-order valence-corrected chi connectivity index (χ4v) is 1.98. The fourth-order valence-electron chi connectivity index (χ4n) is 1.98. The van der Waals surface area contributed by atoms with Crippen molar-refractivity contribution >= 4 is 0 Å². The van der Waals surface area contributed by atoms with Crippen LogP contribution in [-0.2, 0) is 0 Å². The van der Waals surface area contributed by atoms with E-state index in [1.54, 1.807) is 0 Å². The molecule has 0 spiro atoms. The van der Waals surface area contributed by atoms with E-state index in [0.29, 0.717) is 5.92 Å². The Balaban J connectivity index is 2.20. The molecule has 80 valence electrons. The summed E-state index contributed by atoms with van der Waals surface area (Å²) >= 11 is 0. The average molecular weight is 193 g/mol. The van der Waals surface area contributed by atoms with Crippen LogP contribution in [0.3, 0.4) is 0 Å². The maximum absolute atomic E-state index is 5.43. The van der Waals surface area contributed by atoms with E-state index in [-0.39, 0.29) is 5.54 Å². The van der Waals surface area contributed by atoms with Crippen molar-refractivity contribution < 1.29 is 0 Å². The Morgan fingerprint density at radius 1 is 1.21 bits per heavy atom. The van der Waals surface area contributed by atoms with Crippen LogP contribution in [0.25, 0.3) is 0 Å². The molecule has 0 aromatic heterocycles. The highest BCUT2D eigenvalue weighted by molar-refractivity contribution is 4.95. The summed E-state index contributed by atoms with van der Waals surface area (Å²) in [4.78, 5) is 0. The minimum absolute atomic E-state index is 0.253. The van der Waals surface area contributed by atoms with Crippen molar-refractivity contribution in [1.82, 2.24) is 5.32 Å². The molecule has 0 amide bonds. The van der Waals surface area contributed by atoms with Gasteiger partial charge in [0.2, 0.25) is 0 Å². The highest BCUT2D eigenvalue weighted by Crippen LogP contribution is 2.27. The zero-order chi connectivity index (χ0) is 10.6. The Morgan fingerprint density at radius 2 is 1.79 bits per heavy atom. The van der Waals surface area contributed by atoms with Gasteiger partial charge < -0.3 is 5.32 Å². The lowest BCUT2D eigenvalue weighted by Crippen LogP contribution is -2.39. The second kappa shape index (κ2) is 4.84. The third-order valence-corrected chi connectivity index (χ3v) is 3.00. The monoisotopic (exact) mass is 193 g/mol. The van der Waals surface area contributed by atoms with Crippen LogP contribution in [0.5, 0.6) is 0 Å². The molecule has 0 aromatic rings. The first-order valence-corrected chi connectivity index (χ1v) is 5.72. The Morgan fingerprint density at radius 3 is 2.21 bits per heavy atom. The Labute approximate surface area is 88.7 Å². The van der Waals surface area contributed by atoms with Crippen LogP contribution in [0.1, 0.15) is 46.5 Å². The van der Waals surface area contributed by atoms with E-state index in [9.17, 15) is 0 Å². The van der Waals surface area contributed by atoms with Crippen LogP contribution in [-0.4, -0.2) is 12.1 Å². The zero-order valence-electron chi connectivity index (χ0n) is 9.77. The van der Waals surface area contributed by atoms with Crippen LogP contribution >= 0.6 is 0 Å². The molecule has 1 saturated carbocycles. The number of hydrogen-bond donors (Lipinski definition) is 1. The highest BCUT2D eigenvalue weighted by atomic mass is 14.9. The van der Waals surface area contributed by atoms with E-state index >= 15 is 0 Å². The number of rotatable bonds is 2. The largest absolute Gasteiger partial charge is 0.312 e. The van der Waals surface area contributed by atoms with E-state index in [1.807, 2.05) is 0 Å². The minimum atomic E-state index is 0.253. The first-order valence-electron chi connectivity index (χ1n) is 5.72. The van der Waals surface area contributed by atoms with Gasteiger partial charge in [-0.05, 0) is 58.9 Å². The third kappa shape index (κ3) is 4.15. The Hall–Kier alpha value is -0.480.